The fourth-order valence-electron chi connectivity index (χ4n) is 5.22. The third-order valence-corrected chi connectivity index (χ3v) is 5.50. The summed E-state index contributed by atoms with van der Waals surface area (Å²) < 4.78 is 0. The molecule has 0 bridgehead atoms. The molecule has 0 spiro atoms. The van der Waals surface area contributed by atoms with Gasteiger partial charge in [0.05, 0.1) is 0 Å². The van der Waals surface area contributed by atoms with E-state index in [-0.39, 0.29) is 0 Å². The second-order valence-electron chi connectivity index (χ2n) is 7.48. The number of hydrogen-bond acceptors (Lipinski definition) is 0. The summed E-state index contributed by atoms with van der Waals surface area (Å²) in [6.07, 6.45) is 8.34. The highest BCUT2D eigenvalue weighted by atomic mass is 14.6. The predicted octanol–water partition coefficient (Wildman–Crippen LogP) is 4.42. The van der Waals surface area contributed by atoms with E-state index in [4.69, 9.17) is 0 Å². The quantitative estimate of drug-likeness (QED) is 0.513. The van der Waals surface area contributed by atoms with Crippen LogP contribution in [0.5, 0.6) is 0 Å². The van der Waals surface area contributed by atoms with Gasteiger partial charge in [-0.2, -0.15) is 0 Å². The molecule has 3 rings (SSSR count). The Kier molecular flexibility index (Phi) is 1.79. The molecule has 3 aliphatic carbocycles. The van der Waals surface area contributed by atoms with Crippen molar-refractivity contribution in [3.05, 3.63) is 11.6 Å². The molecule has 0 aromatic carbocycles. The Morgan fingerprint density at radius 1 is 1.13 bits per heavy atom. The van der Waals surface area contributed by atoms with Crippen LogP contribution in [0.25, 0.3) is 0 Å². The largest absolute Gasteiger partial charge is 0.0847 e. The number of hydrogen-bond donors (Lipinski definition) is 0. The Morgan fingerprint density at radius 2 is 1.87 bits per heavy atom. The fraction of sp³-hybridized carbons (Fsp3) is 0.867. The first kappa shape index (κ1) is 9.93. The highest BCUT2D eigenvalue weighted by Crippen LogP contribution is 2.66. The average molecular weight is 204 g/mol. The first-order valence-electron chi connectivity index (χ1n) is 6.58. The van der Waals surface area contributed by atoms with Crippen molar-refractivity contribution in [3.63, 3.8) is 0 Å². The van der Waals surface area contributed by atoms with Crippen LogP contribution in [0.3, 0.4) is 0 Å². The van der Waals surface area contributed by atoms with E-state index in [1.807, 2.05) is 0 Å². The SMILES string of the molecule is CC1=CC[C@@]2(C)C[C@@H]3CC(C)(C)C[C@@H]3[C@H]12. The molecule has 4 atom stereocenters. The van der Waals surface area contributed by atoms with E-state index in [0.717, 1.165) is 17.8 Å². The highest BCUT2D eigenvalue weighted by Gasteiger charge is 2.57. The van der Waals surface area contributed by atoms with Crippen LogP contribution in [0.2, 0.25) is 0 Å². The molecular formula is C15H24. The third-order valence-electron chi connectivity index (χ3n) is 5.50. The number of allylic oxidation sites excluding steroid dienone is 2. The molecule has 0 aromatic heterocycles. The van der Waals surface area contributed by atoms with Gasteiger partial charge in [-0.25, -0.2) is 0 Å². The summed E-state index contributed by atoms with van der Waals surface area (Å²) in [5, 5.41) is 0. The summed E-state index contributed by atoms with van der Waals surface area (Å²) in [5.74, 6) is 2.99. The second-order valence-corrected chi connectivity index (χ2v) is 7.48. The third kappa shape index (κ3) is 1.26. The van der Waals surface area contributed by atoms with Crippen molar-refractivity contribution in [3.8, 4) is 0 Å². The smallest absolute Gasteiger partial charge is 0.0118 e. The molecule has 2 fully saturated rings. The minimum Gasteiger partial charge on any atom is -0.0847 e. The average Bonchev–Trinajstić information content (AvgIpc) is 2.59. The Balaban J connectivity index is 1.92. The summed E-state index contributed by atoms with van der Waals surface area (Å²) >= 11 is 0. The van der Waals surface area contributed by atoms with Crippen molar-refractivity contribution >= 4 is 0 Å². The molecule has 0 heteroatoms. The van der Waals surface area contributed by atoms with Crippen LogP contribution in [0.4, 0.5) is 0 Å². The van der Waals surface area contributed by atoms with Gasteiger partial charge in [0.1, 0.15) is 0 Å². The summed E-state index contributed by atoms with van der Waals surface area (Å²) in [6, 6.07) is 0. The van der Waals surface area contributed by atoms with Gasteiger partial charge in [-0.05, 0) is 61.2 Å². The van der Waals surface area contributed by atoms with Crippen LogP contribution >= 0.6 is 0 Å². The molecule has 3 aliphatic rings. The highest BCUT2D eigenvalue weighted by molar-refractivity contribution is 5.24. The minimum atomic E-state index is 0.625. The lowest BCUT2D eigenvalue weighted by atomic mass is 9.74. The Morgan fingerprint density at radius 3 is 2.60 bits per heavy atom. The molecule has 0 amide bonds. The van der Waals surface area contributed by atoms with Gasteiger partial charge in [-0.3, -0.25) is 0 Å². The molecule has 0 heterocycles. The van der Waals surface area contributed by atoms with E-state index < -0.39 is 0 Å². The van der Waals surface area contributed by atoms with E-state index in [9.17, 15) is 0 Å². The van der Waals surface area contributed by atoms with Crippen molar-refractivity contribution in [1.82, 2.24) is 0 Å². The monoisotopic (exact) mass is 204 g/mol. The zero-order valence-electron chi connectivity index (χ0n) is 10.6. The maximum Gasteiger partial charge on any atom is -0.0118 e. The molecule has 0 aromatic rings. The van der Waals surface area contributed by atoms with E-state index in [1.54, 1.807) is 5.57 Å². The molecule has 0 N–H and O–H groups in total. The van der Waals surface area contributed by atoms with Crippen LogP contribution in [-0.2, 0) is 0 Å². The molecule has 0 saturated heterocycles. The first-order valence-corrected chi connectivity index (χ1v) is 6.58. The maximum absolute atomic E-state index is 2.54. The molecule has 0 aliphatic heterocycles. The van der Waals surface area contributed by atoms with E-state index in [2.05, 4.69) is 33.8 Å². The van der Waals surface area contributed by atoms with Crippen molar-refractivity contribution < 1.29 is 0 Å². The zero-order valence-corrected chi connectivity index (χ0v) is 10.6. The van der Waals surface area contributed by atoms with Gasteiger partial charge in [0.25, 0.3) is 0 Å². The Bertz CT molecular complexity index is 323. The van der Waals surface area contributed by atoms with Crippen molar-refractivity contribution in [2.45, 2.75) is 53.4 Å². The minimum absolute atomic E-state index is 0.625. The molecule has 2 saturated carbocycles. The maximum atomic E-state index is 2.54. The van der Waals surface area contributed by atoms with Crippen LogP contribution in [0.1, 0.15) is 53.4 Å². The van der Waals surface area contributed by atoms with Crippen molar-refractivity contribution in [2.75, 3.05) is 0 Å². The van der Waals surface area contributed by atoms with Crippen LogP contribution < -0.4 is 0 Å². The molecule has 15 heavy (non-hydrogen) atoms. The fourth-order valence-corrected chi connectivity index (χ4v) is 5.22. The van der Waals surface area contributed by atoms with E-state index in [1.165, 1.54) is 25.7 Å². The number of rotatable bonds is 0. The van der Waals surface area contributed by atoms with Gasteiger partial charge >= 0.3 is 0 Å². The summed E-state index contributed by atoms with van der Waals surface area (Å²) in [5.41, 5.74) is 2.98. The molecule has 0 radical (unpaired) electrons. The predicted molar refractivity (Wildman–Crippen MR) is 64.6 cm³/mol. The van der Waals surface area contributed by atoms with E-state index >= 15 is 0 Å². The van der Waals surface area contributed by atoms with E-state index in [0.29, 0.717) is 10.8 Å². The molecule has 0 nitrogen and oxygen atoms in total. The first-order chi connectivity index (χ1) is 6.91. The summed E-state index contributed by atoms with van der Waals surface area (Å²) in [6.45, 7) is 9.85. The summed E-state index contributed by atoms with van der Waals surface area (Å²) in [4.78, 5) is 0. The molecule has 84 valence electrons. The Hall–Kier alpha value is -0.260. The lowest BCUT2D eigenvalue weighted by molar-refractivity contribution is 0.217. The zero-order chi connectivity index (χ0) is 10.8. The standard InChI is InChI=1S/C15H24/c1-10-5-6-15(4)8-11-7-14(2,3)9-12(11)13(10)15/h5,11-13H,6-9H2,1-4H3/t11-,12-,13-,15-/m0/s1. The molecular weight excluding hydrogens is 180 g/mol. The summed E-state index contributed by atoms with van der Waals surface area (Å²) in [7, 11) is 0. The van der Waals surface area contributed by atoms with Crippen LogP contribution in [0, 0.1) is 28.6 Å². The van der Waals surface area contributed by atoms with Gasteiger partial charge < -0.3 is 0 Å². The lowest BCUT2D eigenvalue weighted by Gasteiger charge is -2.31. The normalized spacial score (nSPS) is 51.5. The van der Waals surface area contributed by atoms with Crippen molar-refractivity contribution in [2.24, 2.45) is 28.6 Å². The van der Waals surface area contributed by atoms with Gasteiger partial charge in [0, 0.05) is 0 Å². The second kappa shape index (κ2) is 2.70. The molecule has 0 unspecified atom stereocenters. The van der Waals surface area contributed by atoms with Gasteiger partial charge in [-0.1, -0.05) is 32.4 Å². The lowest BCUT2D eigenvalue weighted by Crippen LogP contribution is -2.23. The Labute approximate surface area is 94.1 Å². The van der Waals surface area contributed by atoms with Crippen molar-refractivity contribution in [1.29, 1.82) is 0 Å². The van der Waals surface area contributed by atoms with Gasteiger partial charge in [0.15, 0.2) is 0 Å². The number of fused-ring (bicyclic) bond motifs is 3. The topological polar surface area (TPSA) is 0 Å². The van der Waals surface area contributed by atoms with Crippen LogP contribution in [-0.4, -0.2) is 0 Å². The van der Waals surface area contributed by atoms with Crippen LogP contribution in [0.15, 0.2) is 11.6 Å². The van der Waals surface area contributed by atoms with Gasteiger partial charge in [0.2, 0.25) is 0 Å². The van der Waals surface area contributed by atoms with Gasteiger partial charge in [-0.15, -0.1) is 0 Å².